The molecule has 0 bridgehead atoms. The van der Waals surface area contributed by atoms with Crippen molar-refractivity contribution in [2.45, 2.75) is 0 Å². The predicted molar refractivity (Wildman–Crippen MR) is 117 cm³/mol. The summed E-state index contributed by atoms with van der Waals surface area (Å²) in [7, 11) is 4.62. The zero-order valence-electron chi connectivity index (χ0n) is 17.0. The van der Waals surface area contributed by atoms with Crippen molar-refractivity contribution in [3.63, 3.8) is 0 Å². The van der Waals surface area contributed by atoms with Gasteiger partial charge in [-0.15, -0.1) is 21.5 Å². The second-order valence-electron chi connectivity index (χ2n) is 6.56. The number of carbonyl (C=O) groups is 1. The number of aromatic nitrogens is 2. The van der Waals surface area contributed by atoms with Crippen LogP contribution in [-0.2, 0) is 0 Å². The number of hydrogen-bond donors (Lipinski definition) is 0. The Bertz CT molecular complexity index is 989. The van der Waals surface area contributed by atoms with Crippen molar-refractivity contribution in [2.75, 3.05) is 52.4 Å². The van der Waals surface area contributed by atoms with Crippen LogP contribution in [0.2, 0.25) is 0 Å². The van der Waals surface area contributed by atoms with Crippen LogP contribution in [0.4, 0.5) is 5.13 Å². The first-order valence-corrected chi connectivity index (χ1v) is 11.1. The van der Waals surface area contributed by atoms with Crippen molar-refractivity contribution >= 4 is 33.7 Å². The number of piperazine rings is 1. The highest BCUT2D eigenvalue weighted by atomic mass is 32.1. The molecule has 0 spiro atoms. The molecule has 8 nitrogen and oxygen atoms in total. The van der Waals surface area contributed by atoms with E-state index in [9.17, 15) is 4.79 Å². The van der Waals surface area contributed by atoms with Crippen LogP contribution in [0.25, 0.3) is 9.88 Å². The van der Waals surface area contributed by atoms with Gasteiger partial charge >= 0.3 is 0 Å². The summed E-state index contributed by atoms with van der Waals surface area (Å²) in [5.41, 5.74) is 0.508. The van der Waals surface area contributed by atoms with Gasteiger partial charge in [-0.3, -0.25) is 4.79 Å². The van der Waals surface area contributed by atoms with Crippen molar-refractivity contribution < 1.29 is 19.0 Å². The van der Waals surface area contributed by atoms with Crippen LogP contribution < -0.4 is 19.1 Å². The lowest BCUT2D eigenvalue weighted by Crippen LogP contribution is -2.48. The number of rotatable bonds is 6. The number of hydrogen-bond acceptors (Lipinski definition) is 9. The van der Waals surface area contributed by atoms with Gasteiger partial charge in [0.2, 0.25) is 10.9 Å². The minimum Gasteiger partial charge on any atom is -0.493 e. The standard InChI is InChI=1S/C20H22N4O4S2/c1-26-14-11-13(12-15(27-2)17(14)28-3)19(25)23-6-8-24(9-7-23)20-22-21-18(30-20)16-5-4-10-29-16/h4-5,10-12H,6-9H2,1-3H3. The third-order valence-corrected chi connectivity index (χ3v) is 6.92. The highest BCUT2D eigenvalue weighted by Crippen LogP contribution is 2.38. The van der Waals surface area contributed by atoms with E-state index in [2.05, 4.69) is 15.1 Å². The summed E-state index contributed by atoms with van der Waals surface area (Å²) in [6.07, 6.45) is 0. The number of benzene rings is 1. The second-order valence-corrected chi connectivity index (χ2v) is 8.46. The monoisotopic (exact) mass is 446 g/mol. The zero-order valence-corrected chi connectivity index (χ0v) is 18.6. The van der Waals surface area contributed by atoms with Crippen molar-refractivity contribution in [3.05, 3.63) is 35.2 Å². The van der Waals surface area contributed by atoms with Crippen LogP contribution in [0, 0.1) is 0 Å². The maximum absolute atomic E-state index is 13.1. The predicted octanol–water partition coefficient (Wildman–Crippen LogP) is 3.25. The molecule has 1 aromatic carbocycles. The van der Waals surface area contributed by atoms with E-state index >= 15 is 0 Å². The SMILES string of the molecule is COc1cc(C(=O)N2CCN(c3nnc(-c4cccs4)s3)CC2)cc(OC)c1OC. The molecule has 3 aromatic rings. The summed E-state index contributed by atoms with van der Waals surface area (Å²) < 4.78 is 16.1. The summed E-state index contributed by atoms with van der Waals surface area (Å²) in [4.78, 5) is 18.2. The molecule has 4 rings (SSSR count). The number of anilines is 1. The van der Waals surface area contributed by atoms with Crippen molar-refractivity contribution in [2.24, 2.45) is 0 Å². The average Bonchev–Trinajstić information content (AvgIpc) is 3.49. The highest BCUT2D eigenvalue weighted by Gasteiger charge is 2.26. The van der Waals surface area contributed by atoms with E-state index in [0.29, 0.717) is 49.0 Å². The Kier molecular flexibility index (Phi) is 6.05. The fraction of sp³-hybridized carbons (Fsp3) is 0.350. The Balaban J connectivity index is 1.45. The van der Waals surface area contributed by atoms with Crippen LogP contribution >= 0.6 is 22.7 Å². The Morgan fingerprint density at radius 1 is 1.00 bits per heavy atom. The minimum atomic E-state index is -0.0644. The van der Waals surface area contributed by atoms with Gasteiger partial charge in [0.25, 0.3) is 5.91 Å². The molecule has 0 radical (unpaired) electrons. The maximum Gasteiger partial charge on any atom is 0.254 e. The van der Waals surface area contributed by atoms with Gasteiger partial charge in [-0.1, -0.05) is 17.4 Å². The number of thiophene rings is 1. The molecule has 0 unspecified atom stereocenters. The molecule has 3 heterocycles. The molecule has 1 aliphatic heterocycles. The third kappa shape index (κ3) is 3.92. The number of carbonyl (C=O) groups excluding carboxylic acids is 1. The molecular formula is C20H22N4O4S2. The lowest BCUT2D eigenvalue weighted by molar-refractivity contribution is 0.0746. The maximum atomic E-state index is 13.1. The van der Waals surface area contributed by atoms with Crippen LogP contribution in [0.1, 0.15) is 10.4 Å². The fourth-order valence-electron chi connectivity index (χ4n) is 3.33. The van der Waals surface area contributed by atoms with Crippen molar-refractivity contribution in [1.82, 2.24) is 15.1 Å². The molecule has 2 aromatic heterocycles. The Morgan fingerprint density at radius 2 is 1.70 bits per heavy atom. The molecule has 1 saturated heterocycles. The molecule has 0 aliphatic carbocycles. The Labute approximate surface area is 182 Å². The van der Waals surface area contributed by atoms with Gasteiger partial charge in [0.1, 0.15) is 0 Å². The van der Waals surface area contributed by atoms with E-state index in [0.717, 1.165) is 15.0 Å². The largest absolute Gasteiger partial charge is 0.493 e. The smallest absolute Gasteiger partial charge is 0.254 e. The normalized spacial score (nSPS) is 14.0. The van der Waals surface area contributed by atoms with E-state index in [1.165, 1.54) is 14.2 Å². The van der Waals surface area contributed by atoms with E-state index in [-0.39, 0.29) is 5.91 Å². The van der Waals surface area contributed by atoms with Gasteiger partial charge in [0.05, 0.1) is 26.2 Å². The number of methoxy groups -OCH3 is 3. The minimum absolute atomic E-state index is 0.0644. The van der Waals surface area contributed by atoms with Gasteiger partial charge in [-0.25, -0.2) is 0 Å². The van der Waals surface area contributed by atoms with Crippen LogP contribution in [0.3, 0.4) is 0 Å². The quantitative estimate of drug-likeness (QED) is 0.575. The molecule has 158 valence electrons. The van der Waals surface area contributed by atoms with E-state index in [4.69, 9.17) is 14.2 Å². The molecule has 1 aliphatic rings. The molecular weight excluding hydrogens is 424 g/mol. The zero-order chi connectivity index (χ0) is 21.1. The van der Waals surface area contributed by atoms with Crippen LogP contribution in [0.15, 0.2) is 29.6 Å². The van der Waals surface area contributed by atoms with Gasteiger partial charge in [-0.2, -0.15) is 0 Å². The van der Waals surface area contributed by atoms with Gasteiger partial charge in [-0.05, 0) is 23.6 Å². The molecule has 10 heteroatoms. The molecule has 0 N–H and O–H groups in total. The summed E-state index contributed by atoms with van der Waals surface area (Å²) in [5, 5.41) is 12.5. The van der Waals surface area contributed by atoms with E-state index in [1.54, 1.807) is 41.9 Å². The van der Waals surface area contributed by atoms with E-state index in [1.807, 2.05) is 22.4 Å². The Morgan fingerprint density at radius 3 is 2.27 bits per heavy atom. The first kappa shape index (κ1) is 20.4. The number of amides is 1. The summed E-state index contributed by atoms with van der Waals surface area (Å²) in [6.45, 7) is 2.61. The molecule has 30 heavy (non-hydrogen) atoms. The first-order valence-electron chi connectivity index (χ1n) is 9.36. The van der Waals surface area contributed by atoms with Crippen molar-refractivity contribution in [3.8, 4) is 27.1 Å². The van der Waals surface area contributed by atoms with Crippen molar-refractivity contribution in [1.29, 1.82) is 0 Å². The molecule has 1 fully saturated rings. The van der Waals surface area contributed by atoms with Gasteiger partial charge in [0.15, 0.2) is 16.5 Å². The van der Waals surface area contributed by atoms with Crippen LogP contribution in [0.5, 0.6) is 17.2 Å². The Hall–Kier alpha value is -2.85. The third-order valence-electron chi connectivity index (χ3n) is 4.90. The fourth-order valence-corrected chi connectivity index (χ4v) is 5.02. The van der Waals surface area contributed by atoms with E-state index < -0.39 is 0 Å². The van der Waals surface area contributed by atoms with Gasteiger partial charge in [0, 0.05) is 31.7 Å². The summed E-state index contributed by atoms with van der Waals surface area (Å²) in [6, 6.07) is 7.43. The molecule has 0 saturated carbocycles. The molecule has 1 amide bonds. The van der Waals surface area contributed by atoms with Crippen LogP contribution in [-0.4, -0.2) is 68.5 Å². The molecule has 0 atom stereocenters. The second kappa shape index (κ2) is 8.88. The summed E-state index contributed by atoms with van der Waals surface area (Å²) >= 11 is 3.23. The highest BCUT2D eigenvalue weighted by molar-refractivity contribution is 7.22. The number of ether oxygens (including phenoxy) is 3. The average molecular weight is 447 g/mol. The number of nitrogens with zero attached hydrogens (tertiary/aromatic N) is 4. The lowest BCUT2D eigenvalue weighted by atomic mass is 10.1. The first-order chi connectivity index (χ1) is 14.6. The summed E-state index contributed by atoms with van der Waals surface area (Å²) in [5.74, 6) is 1.34. The van der Waals surface area contributed by atoms with Gasteiger partial charge < -0.3 is 24.0 Å². The lowest BCUT2D eigenvalue weighted by Gasteiger charge is -2.34. The topological polar surface area (TPSA) is 77.0 Å².